The molecule has 0 saturated carbocycles. The van der Waals surface area contributed by atoms with Gasteiger partial charge in [0.15, 0.2) is 5.82 Å². The number of phenols is 1. The van der Waals surface area contributed by atoms with Crippen LogP contribution in [0.25, 0.3) is 22.2 Å². The number of hydrogen-bond donors (Lipinski definition) is 2. The third kappa shape index (κ3) is 3.73. The van der Waals surface area contributed by atoms with Crippen LogP contribution in [0, 0.1) is 0 Å². The summed E-state index contributed by atoms with van der Waals surface area (Å²) in [6.07, 6.45) is 1.40. The molecule has 0 unspecified atom stereocenters. The van der Waals surface area contributed by atoms with E-state index in [1.807, 2.05) is 24.3 Å². The summed E-state index contributed by atoms with van der Waals surface area (Å²) in [4.78, 5) is 20.7. The van der Waals surface area contributed by atoms with Crippen molar-refractivity contribution in [2.75, 3.05) is 19.8 Å². The van der Waals surface area contributed by atoms with Crippen LogP contribution in [0.4, 0.5) is 0 Å². The van der Waals surface area contributed by atoms with E-state index in [-0.39, 0.29) is 30.4 Å². The Morgan fingerprint density at radius 3 is 2.73 bits per heavy atom. The lowest BCUT2D eigenvalue weighted by molar-refractivity contribution is 0.0520. The molecule has 1 aromatic heterocycles. The molecule has 0 spiro atoms. The largest absolute Gasteiger partial charge is 0.508 e. The minimum Gasteiger partial charge on any atom is -0.508 e. The molecule has 26 heavy (non-hydrogen) atoms. The number of fused-ring (bicyclic) bond motifs is 1. The van der Waals surface area contributed by atoms with Crippen LogP contribution < -0.4 is 10.5 Å². The van der Waals surface area contributed by atoms with Crippen molar-refractivity contribution in [3.05, 3.63) is 48.2 Å². The molecule has 2 aromatic carbocycles. The first-order valence-electron chi connectivity index (χ1n) is 8.22. The average Bonchev–Trinajstić information content (AvgIpc) is 2.66. The molecular weight excluding hydrogens is 334 g/mol. The molecule has 0 aliphatic rings. The molecule has 7 nitrogen and oxygen atoms in total. The van der Waals surface area contributed by atoms with Crippen LogP contribution in [0.3, 0.4) is 0 Å². The summed E-state index contributed by atoms with van der Waals surface area (Å²) in [5, 5.41) is 11.4. The quantitative estimate of drug-likeness (QED) is 0.656. The topological polar surface area (TPSA) is 108 Å². The van der Waals surface area contributed by atoms with Gasteiger partial charge in [0.2, 0.25) is 5.88 Å². The zero-order valence-electron chi connectivity index (χ0n) is 14.3. The number of aromatic nitrogens is 2. The fourth-order valence-electron chi connectivity index (χ4n) is 2.49. The molecule has 0 fully saturated rings. The van der Waals surface area contributed by atoms with E-state index in [2.05, 4.69) is 9.97 Å². The van der Waals surface area contributed by atoms with E-state index in [0.717, 1.165) is 16.3 Å². The number of phenolic OH excluding ortho intramolecular Hbond substituents is 1. The highest BCUT2D eigenvalue weighted by Gasteiger charge is 2.18. The number of carbonyl (C=O) groups excluding carboxylic acids is 1. The highest BCUT2D eigenvalue weighted by atomic mass is 16.5. The van der Waals surface area contributed by atoms with Gasteiger partial charge in [0.1, 0.15) is 17.9 Å². The Kier molecular flexibility index (Phi) is 5.28. The lowest BCUT2D eigenvalue weighted by Gasteiger charge is -2.11. The number of carbonyl (C=O) groups is 1. The van der Waals surface area contributed by atoms with Gasteiger partial charge in [-0.05, 0) is 35.9 Å². The summed E-state index contributed by atoms with van der Waals surface area (Å²) in [5.74, 6) is 0.225. The number of ether oxygens (including phenoxy) is 2. The third-order valence-electron chi connectivity index (χ3n) is 3.69. The Bertz CT molecular complexity index is 943. The van der Waals surface area contributed by atoms with E-state index in [1.165, 1.54) is 6.20 Å². The number of nitrogens with zero attached hydrogens (tertiary/aromatic N) is 2. The average molecular weight is 353 g/mol. The monoisotopic (exact) mass is 353 g/mol. The van der Waals surface area contributed by atoms with Gasteiger partial charge in [0, 0.05) is 18.3 Å². The Labute approximate surface area is 150 Å². The maximum atomic E-state index is 12.0. The van der Waals surface area contributed by atoms with E-state index in [0.29, 0.717) is 12.4 Å². The van der Waals surface area contributed by atoms with Crippen molar-refractivity contribution in [1.82, 2.24) is 9.97 Å². The van der Waals surface area contributed by atoms with E-state index in [1.54, 1.807) is 19.1 Å². The molecule has 0 atom stereocenters. The zero-order chi connectivity index (χ0) is 18.5. The predicted octanol–water partition coefficient (Wildman–Crippen LogP) is 2.52. The summed E-state index contributed by atoms with van der Waals surface area (Å²) in [6.45, 7) is 2.48. The first-order valence-corrected chi connectivity index (χ1v) is 8.22. The van der Waals surface area contributed by atoms with Gasteiger partial charge in [-0.1, -0.05) is 18.2 Å². The van der Waals surface area contributed by atoms with Crippen LogP contribution in [-0.2, 0) is 4.74 Å². The Balaban J connectivity index is 2.01. The smallest absolute Gasteiger partial charge is 0.345 e. The SMILES string of the molecule is CCOC(=O)c1cnc(-c2ccc3cc(O)ccc3c2)nc1OCCN. The van der Waals surface area contributed by atoms with E-state index < -0.39 is 5.97 Å². The molecule has 1 heterocycles. The van der Waals surface area contributed by atoms with Crippen LogP contribution in [0.5, 0.6) is 11.6 Å². The number of rotatable bonds is 6. The molecule has 0 radical (unpaired) electrons. The molecular formula is C19H19N3O4. The summed E-state index contributed by atoms with van der Waals surface area (Å²) in [5.41, 5.74) is 6.40. The second-order valence-electron chi connectivity index (χ2n) is 5.52. The second-order valence-corrected chi connectivity index (χ2v) is 5.52. The molecule has 0 amide bonds. The molecule has 0 bridgehead atoms. The van der Waals surface area contributed by atoms with Gasteiger partial charge >= 0.3 is 5.97 Å². The van der Waals surface area contributed by atoms with Crippen molar-refractivity contribution in [3.8, 4) is 23.0 Å². The Hall–Kier alpha value is -3.19. The van der Waals surface area contributed by atoms with Crippen LogP contribution in [0.2, 0.25) is 0 Å². The van der Waals surface area contributed by atoms with Crippen molar-refractivity contribution in [3.63, 3.8) is 0 Å². The maximum Gasteiger partial charge on any atom is 0.345 e. The predicted molar refractivity (Wildman–Crippen MR) is 97.1 cm³/mol. The minimum atomic E-state index is -0.542. The maximum absolute atomic E-state index is 12.0. The molecule has 3 N–H and O–H groups in total. The van der Waals surface area contributed by atoms with Gasteiger partial charge in [-0.2, -0.15) is 4.98 Å². The molecule has 0 saturated heterocycles. The summed E-state index contributed by atoms with van der Waals surface area (Å²) in [6, 6.07) is 10.7. The van der Waals surface area contributed by atoms with Crippen molar-refractivity contribution in [1.29, 1.82) is 0 Å². The van der Waals surface area contributed by atoms with Crippen molar-refractivity contribution in [2.24, 2.45) is 5.73 Å². The van der Waals surface area contributed by atoms with Crippen LogP contribution in [0.15, 0.2) is 42.6 Å². The normalized spacial score (nSPS) is 10.7. The van der Waals surface area contributed by atoms with E-state index in [9.17, 15) is 9.90 Å². The lowest BCUT2D eigenvalue weighted by Crippen LogP contribution is -2.15. The van der Waals surface area contributed by atoms with E-state index in [4.69, 9.17) is 15.2 Å². The van der Waals surface area contributed by atoms with E-state index >= 15 is 0 Å². The van der Waals surface area contributed by atoms with Gasteiger partial charge in [-0.25, -0.2) is 9.78 Å². The zero-order valence-corrected chi connectivity index (χ0v) is 14.3. The number of esters is 1. The summed E-state index contributed by atoms with van der Waals surface area (Å²) < 4.78 is 10.5. The summed E-state index contributed by atoms with van der Waals surface area (Å²) in [7, 11) is 0. The van der Waals surface area contributed by atoms with Gasteiger partial charge in [-0.15, -0.1) is 0 Å². The molecule has 3 aromatic rings. The molecule has 7 heteroatoms. The Morgan fingerprint density at radius 1 is 1.19 bits per heavy atom. The first-order chi connectivity index (χ1) is 12.6. The minimum absolute atomic E-state index is 0.143. The van der Waals surface area contributed by atoms with Crippen molar-refractivity contribution in [2.45, 2.75) is 6.92 Å². The standard InChI is InChI=1S/C19H19N3O4/c1-2-25-19(24)16-11-21-17(22-18(16)26-8-7-20)14-4-3-13-10-15(23)6-5-12(13)9-14/h3-6,9-11,23H,2,7-8,20H2,1H3. The lowest BCUT2D eigenvalue weighted by atomic mass is 10.1. The molecule has 0 aliphatic carbocycles. The van der Waals surface area contributed by atoms with Crippen molar-refractivity contribution < 1.29 is 19.4 Å². The fourth-order valence-corrected chi connectivity index (χ4v) is 2.49. The highest BCUT2D eigenvalue weighted by molar-refractivity contribution is 5.92. The number of benzene rings is 2. The summed E-state index contributed by atoms with van der Waals surface area (Å²) >= 11 is 0. The molecule has 134 valence electrons. The fraction of sp³-hybridized carbons (Fsp3) is 0.211. The number of aromatic hydroxyl groups is 1. The highest BCUT2D eigenvalue weighted by Crippen LogP contribution is 2.27. The van der Waals surface area contributed by atoms with Crippen LogP contribution >= 0.6 is 0 Å². The van der Waals surface area contributed by atoms with Gasteiger partial charge in [0.25, 0.3) is 0 Å². The molecule has 0 aliphatic heterocycles. The van der Waals surface area contributed by atoms with Crippen molar-refractivity contribution >= 4 is 16.7 Å². The number of nitrogens with two attached hydrogens (primary N) is 1. The van der Waals surface area contributed by atoms with Gasteiger partial charge < -0.3 is 20.3 Å². The first kappa shape index (κ1) is 17.6. The van der Waals surface area contributed by atoms with Gasteiger partial charge in [-0.3, -0.25) is 0 Å². The Morgan fingerprint density at radius 2 is 1.96 bits per heavy atom. The van der Waals surface area contributed by atoms with Gasteiger partial charge in [0.05, 0.1) is 6.61 Å². The third-order valence-corrected chi connectivity index (χ3v) is 3.69. The molecule has 3 rings (SSSR count). The number of hydrogen-bond acceptors (Lipinski definition) is 7. The van der Waals surface area contributed by atoms with Crippen LogP contribution in [0.1, 0.15) is 17.3 Å². The van der Waals surface area contributed by atoms with Crippen LogP contribution in [-0.4, -0.2) is 40.8 Å². The second kappa shape index (κ2) is 7.79.